The third-order valence-electron chi connectivity index (χ3n) is 17.8. The highest BCUT2D eigenvalue weighted by molar-refractivity contribution is 5.95. The number of aliphatic carboxylic acids is 2. The molecule has 1 aliphatic rings. The smallest absolute Gasteiger partial charge is 0.317 e. The van der Waals surface area contributed by atoms with E-state index in [9.17, 15) is 72.5 Å². The lowest BCUT2D eigenvalue weighted by Crippen LogP contribution is -2.53. The maximum absolute atomic E-state index is 14.0. The quantitative estimate of drug-likeness (QED) is 0.0257. The second-order valence-electron chi connectivity index (χ2n) is 26.4. The zero-order chi connectivity index (χ0) is 76.1. The molecule has 3 aromatic rings. The van der Waals surface area contributed by atoms with Crippen LogP contribution in [0.2, 0.25) is 0 Å². The molecule has 35 nitrogen and oxygen atoms in total. The van der Waals surface area contributed by atoms with Crippen LogP contribution in [0, 0.1) is 5.92 Å². The number of carboxylic acid groups (broad SMARTS) is 2. The predicted molar refractivity (Wildman–Crippen MR) is 379 cm³/mol. The minimum atomic E-state index is -1.23. The Bertz CT molecular complexity index is 3220. The van der Waals surface area contributed by atoms with Gasteiger partial charge in [-0.05, 0) is 56.6 Å². The molecular formula is C68H110N18O17. The molecule has 5 atom stereocenters. The van der Waals surface area contributed by atoms with Gasteiger partial charge in [0.1, 0.15) is 18.1 Å². The molecule has 1 saturated heterocycles. The maximum atomic E-state index is 14.0. The minimum Gasteiger partial charge on any atom is -0.480 e. The van der Waals surface area contributed by atoms with Crippen LogP contribution in [-0.4, -0.2) is 282 Å². The Morgan fingerprint density at radius 2 is 1.10 bits per heavy atom. The van der Waals surface area contributed by atoms with Crippen molar-refractivity contribution < 1.29 is 82.0 Å². The van der Waals surface area contributed by atoms with Crippen molar-refractivity contribution in [1.82, 2.24) is 82.4 Å². The Kier molecular flexibility index (Phi) is 37.7. The molecule has 17 N–H and O–H groups in total. The van der Waals surface area contributed by atoms with E-state index < -0.39 is 133 Å². The highest BCUT2D eigenvalue weighted by atomic mass is 16.6. The maximum Gasteiger partial charge on any atom is 0.317 e. The molecule has 1 fully saturated rings. The third-order valence-corrected chi connectivity index (χ3v) is 17.8. The molecule has 0 aliphatic carbocycles. The summed E-state index contributed by atoms with van der Waals surface area (Å²) in [5.74, 6) is -9.31. The fourth-order valence-electron chi connectivity index (χ4n) is 11.6. The first-order valence-corrected chi connectivity index (χ1v) is 35.2. The molecule has 0 spiro atoms. The van der Waals surface area contributed by atoms with Crippen LogP contribution in [0.15, 0.2) is 43.0 Å². The number of carbonyl (C=O) groups is 13. The van der Waals surface area contributed by atoms with E-state index >= 15 is 0 Å². The Balaban J connectivity index is 1.29. The van der Waals surface area contributed by atoms with E-state index in [1.165, 1.54) is 12.5 Å². The number of fused-ring (bicyclic) bond motifs is 1. The predicted octanol–water partition coefficient (Wildman–Crippen LogP) is -2.67. The molecule has 1 aromatic carbocycles. The van der Waals surface area contributed by atoms with Crippen LogP contribution in [0.5, 0.6) is 0 Å². The Hall–Kier alpha value is -9.16. The van der Waals surface area contributed by atoms with Gasteiger partial charge in [0, 0.05) is 120 Å². The van der Waals surface area contributed by atoms with Gasteiger partial charge < -0.3 is 89.0 Å². The molecule has 1 aliphatic heterocycles. The first-order chi connectivity index (χ1) is 49.0. The molecule has 103 heavy (non-hydrogen) atoms. The monoisotopic (exact) mass is 1450 g/mol. The molecule has 0 radical (unpaired) electrons. The average Bonchev–Trinajstić information content (AvgIpc) is 1.69. The molecule has 0 bridgehead atoms. The van der Waals surface area contributed by atoms with Crippen molar-refractivity contribution in [2.24, 2.45) is 17.4 Å². The number of primary amides is 2. The van der Waals surface area contributed by atoms with Crippen molar-refractivity contribution >= 4 is 87.8 Å². The van der Waals surface area contributed by atoms with Crippen LogP contribution in [0.4, 0.5) is 0 Å². The Morgan fingerprint density at radius 3 is 1.60 bits per heavy atom. The number of para-hydroxylation sites is 1. The zero-order valence-electron chi connectivity index (χ0n) is 60.6. The van der Waals surface area contributed by atoms with Crippen LogP contribution >= 0.6 is 0 Å². The van der Waals surface area contributed by atoms with E-state index in [4.69, 9.17) is 20.9 Å². The summed E-state index contributed by atoms with van der Waals surface area (Å²) in [5, 5.41) is 43.5. The normalized spacial score (nSPS) is 15.5. The number of amides is 11. The van der Waals surface area contributed by atoms with E-state index in [0.29, 0.717) is 76.1 Å². The topological polar surface area (TPSA) is 499 Å². The summed E-state index contributed by atoms with van der Waals surface area (Å²) < 4.78 is 13.1. The number of nitrogens with zero attached hydrogens (tertiary/aromatic N) is 5. The molecular weight excluding hydrogens is 1340 g/mol. The number of hydrogen-bond donors (Lipinski definition) is 15. The average molecular weight is 1450 g/mol. The van der Waals surface area contributed by atoms with Crippen molar-refractivity contribution in [3.8, 4) is 0 Å². The number of carboxylic acids is 2. The Morgan fingerprint density at radius 1 is 0.583 bits per heavy atom. The van der Waals surface area contributed by atoms with Gasteiger partial charge in [0.25, 0.3) is 0 Å². The number of aromatic amines is 2. The highest BCUT2D eigenvalue weighted by Gasteiger charge is 2.35. The summed E-state index contributed by atoms with van der Waals surface area (Å²) in [6.45, 7) is 13.3. The molecule has 5 unspecified atom stereocenters. The van der Waals surface area contributed by atoms with E-state index in [-0.39, 0.29) is 110 Å². The number of carbonyl (C=O) groups excluding carboxylic acids is 11. The molecule has 0 saturated carbocycles. The number of nitrogens with one attached hydrogen (secondary N) is 11. The summed E-state index contributed by atoms with van der Waals surface area (Å²) in [6.07, 6.45) is 7.70. The summed E-state index contributed by atoms with van der Waals surface area (Å²) in [7, 11) is 0. The first-order valence-electron chi connectivity index (χ1n) is 35.2. The second kappa shape index (κ2) is 45.1. The number of rotatable bonds is 46. The summed E-state index contributed by atoms with van der Waals surface area (Å²) in [4.78, 5) is 184. The molecule has 2 aromatic heterocycles. The number of aromatic nitrogens is 3. The molecule has 4 rings (SSSR count). The van der Waals surface area contributed by atoms with Crippen LogP contribution in [0.25, 0.3) is 10.9 Å². The fraction of sp³-hybridized carbons (Fsp3) is 0.647. The second-order valence-corrected chi connectivity index (χ2v) is 26.4. The standard InChI is InChI=1S/C68H110N18O17/c1-8-14-50(64(70)99)79-59(92)37-77-66(101)53(31-47-34-71-44-78-47)82-58(91)36-75-56(89)32-51(45(5)6)80-60(93)38-76-65(100)52(30-46-33-73-49-16-13-12-15-48(46)49)81-57(90)35-74-55(88)17-19-67(7,18-9-2)103-43-68(10-3,11-4)102-29-20-72-61(94)40-84-23-21-83(39-54(69)87)22-25-85(41-62(95)96)27-28-86(26-24-84)42-63(97)98/h12-13,15-16,33-34,44-45,50-53,73H,8-11,14,17-32,35-43H2,1-7H3,(H2,69,87)(H2,70,99)(H,71,78)(H,72,94)(H,74,88)(H,75,89)(H,76,100)(H,77,101)(H,79,92)(H,80,93)(H,81,90)(H,82,91)(H,95,96)(H,97,98). The van der Waals surface area contributed by atoms with Gasteiger partial charge in [-0.15, -0.1) is 0 Å². The SMILES string of the molecule is CCCC(NC(=O)CNC(=O)C(Cc1cnc[nH]1)NC(=O)CNC(=O)CC(NC(=O)CNC(=O)C(Cc1c[nH]c2ccccc12)NC(=O)CNC(=O)CCC(C)(CCC)OCC(CC)(CC)OCCNC(=O)CN1CCN(CC(N)=O)CCN(CC(=O)O)CCN(CC(=O)O)CC1)C(C)C)C(N)=O. The van der Waals surface area contributed by atoms with Gasteiger partial charge in [-0.25, -0.2) is 4.98 Å². The highest BCUT2D eigenvalue weighted by Crippen LogP contribution is 2.29. The number of ether oxygens (including phenoxy) is 2. The van der Waals surface area contributed by atoms with E-state index in [1.807, 2.05) is 63.8 Å². The number of nitrogens with two attached hydrogens (primary N) is 2. The van der Waals surface area contributed by atoms with Crippen LogP contribution in [-0.2, 0) is 84.6 Å². The molecule has 11 amide bonds. The number of hydrogen-bond acceptors (Lipinski definition) is 20. The van der Waals surface area contributed by atoms with Gasteiger partial charge in [0.2, 0.25) is 65.0 Å². The number of H-pyrrole nitrogens is 2. The zero-order valence-corrected chi connectivity index (χ0v) is 60.6. The van der Waals surface area contributed by atoms with E-state index in [2.05, 4.69) is 62.8 Å². The summed E-state index contributed by atoms with van der Waals surface area (Å²) >= 11 is 0. The van der Waals surface area contributed by atoms with Gasteiger partial charge in [-0.2, -0.15) is 0 Å². The van der Waals surface area contributed by atoms with E-state index in [0.717, 1.165) is 17.3 Å². The lowest BCUT2D eigenvalue weighted by Gasteiger charge is -2.37. The molecule has 574 valence electrons. The summed E-state index contributed by atoms with van der Waals surface area (Å²) in [6, 6.07) is 3.19. The van der Waals surface area contributed by atoms with E-state index in [1.54, 1.807) is 34.7 Å². The number of benzene rings is 1. The Labute approximate surface area is 600 Å². The van der Waals surface area contributed by atoms with Gasteiger partial charge in [0.15, 0.2) is 0 Å². The minimum absolute atomic E-state index is 0.0102. The summed E-state index contributed by atoms with van der Waals surface area (Å²) in [5.41, 5.74) is 11.3. The van der Waals surface area contributed by atoms with Gasteiger partial charge in [-0.1, -0.05) is 72.6 Å². The van der Waals surface area contributed by atoms with Crippen molar-refractivity contribution in [2.75, 3.05) is 124 Å². The van der Waals surface area contributed by atoms with Gasteiger partial charge >= 0.3 is 11.9 Å². The number of imidazole rings is 1. The lowest BCUT2D eigenvalue weighted by molar-refractivity contribution is -0.150. The molecule has 35 heteroatoms. The van der Waals surface area contributed by atoms with Crippen LogP contribution < -0.4 is 59.3 Å². The van der Waals surface area contributed by atoms with Crippen molar-refractivity contribution in [3.05, 3.63) is 54.2 Å². The van der Waals surface area contributed by atoms with Gasteiger partial charge in [-0.3, -0.25) is 81.9 Å². The van der Waals surface area contributed by atoms with Crippen molar-refractivity contribution in [2.45, 2.75) is 154 Å². The fourth-order valence-corrected chi connectivity index (χ4v) is 11.6. The van der Waals surface area contributed by atoms with Crippen molar-refractivity contribution in [1.29, 1.82) is 0 Å². The third kappa shape index (κ3) is 33.2. The van der Waals surface area contributed by atoms with Crippen LogP contribution in [0.3, 0.4) is 0 Å². The lowest BCUT2D eigenvalue weighted by atomic mass is 9.92. The van der Waals surface area contributed by atoms with Gasteiger partial charge in [0.05, 0.1) is 83.1 Å². The van der Waals surface area contributed by atoms with Crippen LogP contribution in [0.1, 0.15) is 118 Å². The molecule has 3 heterocycles. The largest absolute Gasteiger partial charge is 0.480 e. The first kappa shape index (κ1) is 86.2. The van der Waals surface area contributed by atoms with Crippen molar-refractivity contribution in [3.63, 3.8) is 0 Å².